The second-order valence-electron chi connectivity index (χ2n) is 5.51. The van der Waals surface area contributed by atoms with Crippen LogP contribution in [-0.4, -0.2) is 33.9 Å². The van der Waals surface area contributed by atoms with E-state index in [2.05, 4.69) is 0 Å². The fourth-order valence-electron chi connectivity index (χ4n) is 2.47. The molecule has 0 aliphatic carbocycles. The zero-order valence-corrected chi connectivity index (χ0v) is 15.8. The Bertz CT molecular complexity index is 769. The van der Waals surface area contributed by atoms with Gasteiger partial charge in [-0.2, -0.15) is 0 Å². The fraction of sp³-hybridized carbons (Fsp3) is 0.350. The van der Waals surface area contributed by atoms with Crippen molar-refractivity contribution in [1.29, 1.82) is 0 Å². The van der Waals surface area contributed by atoms with Crippen molar-refractivity contribution in [1.82, 2.24) is 0 Å². The molecule has 0 N–H and O–H groups in total. The third-order valence-corrected chi connectivity index (χ3v) is 3.90. The van der Waals surface area contributed by atoms with Crippen LogP contribution in [0.25, 0.3) is 0 Å². The lowest BCUT2D eigenvalue weighted by atomic mass is 10.1. The number of carbonyl (C=O) groups is 1. The Kier molecular flexibility index (Phi) is 6.72. The SMILES string of the molecule is CCOc1ccc(C(=O)OCc2cc(OC)c(OC)cc2C)cc1OC. The first-order valence-corrected chi connectivity index (χ1v) is 8.23. The van der Waals surface area contributed by atoms with Crippen LogP contribution in [0.1, 0.15) is 28.4 Å². The number of benzene rings is 2. The van der Waals surface area contributed by atoms with Crippen LogP contribution in [0, 0.1) is 6.92 Å². The first-order valence-electron chi connectivity index (χ1n) is 8.23. The number of carbonyl (C=O) groups excluding carboxylic acids is 1. The van der Waals surface area contributed by atoms with Crippen LogP contribution >= 0.6 is 0 Å². The van der Waals surface area contributed by atoms with Crippen molar-refractivity contribution in [2.75, 3.05) is 27.9 Å². The highest BCUT2D eigenvalue weighted by Crippen LogP contribution is 2.31. The van der Waals surface area contributed by atoms with E-state index in [1.807, 2.05) is 19.9 Å². The molecule has 6 heteroatoms. The van der Waals surface area contributed by atoms with E-state index < -0.39 is 5.97 Å². The summed E-state index contributed by atoms with van der Waals surface area (Å²) >= 11 is 0. The zero-order chi connectivity index (χ0) is 19.1. The first kappa shape index (κ1) is 19.4. The molecule has 2 rings (SSSR count). The number of methoxy groups -OCH3 is 3. The minimum absolute atomic E-state index is 0.126. The molecule has 0 atom stereocenters. The van der Waals surface area contributed by atoms with Crippen LogP contribution in [0.2, 0.25) is 0 Å². The summed E-state index contributed by atoms with van der Waals surface area (Å²) < 4.78 is 26.7. The average Bonchev–Trinajstić information content (AvgIpc) is 2.66. The smallest absolute Gasteiger partial charge is 0.338 e. The molecule has 0 spiro atoms. The molecule has 0 aromatic heterocycles. The maximum atomic E-state index is 12.4. The molecule has 0 aliphatic rings. The summed E-state index contributed by atoms with van der Waals surface area (Å²) in [5.74, 6) is 1.86. The predicted octanol–water partition coefficient (Wildman–Crippen LogP) is 3.78. The zero-order valence-electron chi connectivity index (χ0n) is 15.8. The minimum atomic E-state index is -0.444. The summed E-state index contributed by atoms with van der Waals surface area (Å²) in [7, 11) is 4.67. The third kappa shape index (κ3) is 4.39. The number of hydrogen-bond acceptors (Lipinski definition) is 6. The first-order chi connectivity index (χ1) is 12.5. The molecule has 2 aromatic rings. The molecule has 0 aliphatic heterocycles. The van der Waals surface area contributed by atoms with E-state index in [9.17, 15) is 4.79 Å². The monoisotopic (exact) mass is 360 g/mol. The Morgan fingerprint density at radius 3 is 2.12 bits per heavy atom. The minimum Gasteiger partial charge on any atom is -0.493 e. The van der Waals surface area contributed by atoms with Crippen LogP contribution in [0.3, 0.4) is 0 Å². The predicted molar refractivity (Wildman–Crippen MR) is 97.6 cm³/mol. The molecule has 0 amide bonds. The lowest BCUT2D eigenvalue weighted by Gasteiger charge is -2.14. The second kappa shape index (κ2) is 8.99. The number of aryl methyl sites for hydroxylation is 1. The molecule has 0 unspecified atom stereocenters. The van der Waals surface area contributed by atoms with Gasteiger partial charge >= 0.3 is 5.97 Å². The molecule has 0 bridgehead atoms. The normalized spacial score (nSPS) is 10.2. The number of ether oxygens (including phenoxy) is 5. The maximum absolute atomic E-state index is 12.4. The van der Waals surface area contributed by atoms with Crippen LogP contribution in [0.15, 0.2) is 30.3 Å². The second-order valence-corrected chi connectivity index (χ2v) is 5.51. The Labute approximate surface area is 153 Å². The fourth-order valence-corrected chi connectivity index (χ4v) is 2.47. The van der Waals surface area contributed by atoms with E-state index >= 15 is 0 Å². The van der Waals surface area contributed by atoms with Gasteiger partial charge in [0.2, 0.25) is 0 Å². The standard InChI is InChI=1S/C20H24O6/c1-6-25-16-8-7-14(10-18(16)23-4)20(21)26-12-15-11-19(24-5)17(22-3)9-13(15)2/h7-11H,6,12H2,1-5H3. The molecule has 0 fully saturated rings. The molecule has 26 heavy (non-hydrogen) atoms. The van der Waals surface area contributed by atoms with Gasteiger partial charge in [0, 0.05) is 0 Å². The third-order valence-electron chi connectivity index (χ3n) is 3.90. The van der Waals surface area contributed by atoms with E-state index in [-0.39, 0.29) is 6.61 Å². The van der Waals surface area contributed by atoms with Gasteiger partial charge in [0.05, 0.1) is 33.5 Å². The van der Waals surface area contributed by atoms with Crippen molar-refractivity contribution in [3.63, 3.8) is 0 Å². The molecular weight excluding hydrogens is 336 g/mol. The molecule has 0 radical (unpaired) electrons. The van der Waals surface area contributed by atoms with Crippen molar-refractivity contribution in [3.05, 3.63) is 47.0 Å². The van der Waals surface area contributed by atoms with Gasteiger partial charge in [0.25, 0.3) is 0 Å². The van der Waals surface area contributed by atoms with Gasteiger partial charge in [-0.15, -0.1) is 0 Å². The molecule has 0 saturated heterocycles. The van der Waals surface area contributed by atoms with Crippen LogP contribution in [0.4, 0.5) is 0 Å². The molecule has 140 valence electrons. The highest BCUT2D eigenvalue weighted by atomic mass is 16.5. The number of rotatable bonds is 8. The van der Waals surface area contributed by atoms with Crippen LogP contribution in [0.5, 0.6) is 23.0 Å². The quantitative estimate of drug-likeness (QED) is 0.668. The van der Waals surface area contributed by atoms with Crippen LogP contribution in [-0.2, 0) is 11.3 Å². The molecule has 0 saturated carbocycles. The summed E-state index contributed by atoms with van der Waals surface area (Å²) in [5, 5.41) is 0. The molecular formula is C20H24O6. The summed E-state index contributed by atoms with van der Waals surface area (Å²) in [6.07, 6.45) is 0. The Morgan fingerprint density at radius 2 is 1.50 bits per heavy atom. The topological polar surface area (TPSA) is 63.2 Å². The average molecular weight is 360 g/mol. The Balaban J connectivity index is 2.14. The van der Waals surface area contributed by atoms with Crippen molar-refractivity contribution in [3.8, 4) is 23.0 Å². The van der Waals surface area contributed by atoms with E-state index in [0.717, 1.165) is 11.1 Å². The van der Waals surface area contributed by atoms with E-state index in [4.69, 9.17) is 23.7 Å². The Morgan fingerprint density at radius 1 is 0.885 bits per heavy atom. The summed E-state index contributed by atoms with van der Waals surface area (Å²) in [6, 6.07) is 8.61. The number of hydrogen-bond donors (Lipinski definition) is 0. The van der Waals surface area contributed by atoms with Gasteiger partial charge < -0.3 is 23.7 Å². The molecule has 2 aromatic carbocycles. The largest absolute Gasteiger partial charge is 0.493 e. The van der Waals surface area contributed by atoms with Crippen molar-refractivity contribution in [2.45, 2.75) is 20.5 Å². The van der Waals surface area contributed by atoms with Gasteiger partial charge in [-0.05, 0) is 55.3 Å². The molecule has 6 nitrogen and oxygen atoms in total. The summed E-state index contributed by atoms with van der Waals surface area (Å²) in [6.45, 7) is 4.44. The van der Waals surface area contributed by atoms with Gasteiger partial charge in [-0.3, -0.25) is 0 Å². The highest BCUT2D eigenvalue weighted by molar-refractivity contribution is 5.90. The van der Waals surface area contributed by atoms with Crippen LogP contribution < -0.4 is 18.9 Å². The number of esters is 1. The van der Waals surface area contributed by atoms with Gasteiger partial charge in [0.15, 0.2) is 23.0 Å². The van der Waals surface area contributed by atoms with E-state index in [0.29, 0.717) is 35.2 Å². The lowest BCUT2D eigenvalue weighted by Crippen LogP contribution is -2.07. The van der Waals surface area contributed by atoms with Gasteiger partial charge in [-0.1, -0.05) is 0 Å². The van der Waals surface area contributed by atoms with Gasteiger partial charge in [0.1, 0.15) is 6.61 Å². The van der Waals surface area contributed by atoms with E-state index in [1.54, 1.807) is 38.5 Å². The maximum Gasteiger partial charge on any atom is 0.338 e. The highest BCUT2D eigenvalue weighted by Gasteiger charge is 2.14. The molecule has 0 heterocycles. The van der Waals surface area contributed by atoms with Crippen molar-refractivity contribution >= 4 is 5.97 Å². The Hall–Kier alpha value is -2.89. The summed E-state index contributed by atoms with van der Waals surface area (Å²) in [5.41, 5.74) is 2.18. The van der Waals surface area contributed by atoms with Crippen molar-refractivity contribution in [2.24, 2.45) is 0 Å². The lowest BCUT2D eigenvalue weighted by molar-refractivity contribution is 0.0471. The summed E-state index contributed by atoms with van der Waals surface area (Å²) in [4.78, 5) is 12.4. The van der Waals surface area contributed by atoms with Crippen molar-refractivity contribution < 1.29 is 28.5 Å². The van der Waals surface area contributed by atoms with E-state index in [1.165, 1.54) is 7.11 Å². The van der Waals surface area contributed by atoms with Gasteiger partial charge in [-0.25, -0.2) is 4.79 Å².